The van der Waals surface area contributed by atoms with Crippen LogP contribution in [-0.4, -0.2) is 25.2 Å². The minimum atomic E-state index is -0.147. The van der Waals surface area contributed by atoms with E-state index in [4.69, 9.17) is 9.47 Å². The van der Waals surface area contributed by atoms with Crippen LogP contribution in [0.25, 0.3) is 0 Å². The Bertz CT molecular complexity index is 728. The van der Waals surface area contributed by atoms with Gasteiger partial charge in [0.05, 0.1) is 17.7 Å². The number of carbonyl (C=O) groups is 1. The summed E-state index contributed by atoms with van der Waals surface area (Å²) in [6, 6.07) is 15.1. The highest BCUT2D eigenvalue weighted by Gasteiger charge is 2.19. The van der Waals surface area contributed by atoms with Crippen LogP contribution in [0.4, 0.5) is 0 Å². The van der Waals surface area contributed by atoms with E-state index < -0.39 is 0 Å². The number of para-hydroxylation sites is 1. The van der Waals surface area contributed by atoms with E-state index in [-0.39, 0.29) is 18.1 Å². The molecule has 0 saturated carbocycles. The summed E-state index contributed by atoms with van der Waals surface area (Å²) in [5, 5.41) is 3.04. The van der Waals surface area contributed by atoms with Crippen LogP contribution < -0.4 is 10.1 Å². The zero-order valence-corrected chi connectivity index (χ0v) is 15.8. The second-order valence-corrected chi connectivity index (χ2v) is 7.01. The van der Waals surface area contributed by atoms with Crippen LogP contribution in [0, 0.1) is 0 Å². The molecule has 132 valence electrons. The highest BCUT2D eigenvalue weighted by Crippen LogP contribution is 2.25. The molecular weight excluding hydrogens is 382 g/mol. The predicted molar refractivity (Wildman–Crippen MR) is 101 cm³/mol. The SMILES string of the molecule is CC(NC(=O)c1ccccc1OCC1CCCO1)c1ccccc1Br. The maximum absolute atomic E-state index is 12.7. The van der Waals surface area contributed by atoms with Gasteiger partial charge in [-0.2, -0.15) is 0 Å². The fraction of sp³-hybridized carbons (Fsp3) is 0.350. The Balaban J connectivity index is 1.68. The van der Waals surface area contributed by atoms with Crippen molar-refractivity contribution in [3.63, 3.8) is 0 Å². The molecule has 4 nitrogen and oxygen atoms in total. The van der Waals surface area contributed by atoms with Crippen molar-refractivity contribution in [3.8, 4) is 5.75 Å². The molecular formula is C20H22BrNO3. The Hall–Kier alpha value is -1.85. The molecule has 2 atom stereocenters. The quantitative estimate of drug-likeness (QED) is 0.772. The Morgan fingerprint density at radius 1 is 1.28 bits per heavy atom. The molecule has 1 saturated heterocycles. The van der Waals surface area contributed by atoms with E-state index in [0.717, 1.165) is 29.5 Å². The number of hydrogen-bond acceptors (Lipinski definition) is 3. The molecule has 0 aliphatic carbocycles. The summed E-state index contributed by atoms with van der Waals surface area (Å²) in [5.74, 6) is 0.445. The van der Waals surface area contributed by atoms with Crippen molar-refractivity contribution >= 4 is 21.8 Å². The van der Waals surface area contributed by atoms with Gasteiger partial charge < -0.3 is 14.8 Å². The summed E-state index contributed by atoms with van der Waals surface area (Å²) in [6.45, 7) is 3.23. The zero-order chi connectivity index (χ0) is 17.6. The number of amides is 1. The molecule has 1 N–H and O–H groups in total. The molecule has 0 spiro atoms. The lowest BCUT2D eigenvalue weighted by Crippen LogP contribution is -2.27. The molecule has 2 aromatic rings. The van der Waals surface area contributed by atoms with Crippen molar-refractivity contribution in [1.29, 1.82) is 0 Å². The monoisotopic (exact) mass is 403 g/mol. The normalized spacial score (nSPS) is 17.9. The third kappa shape index (κ3) is 4.61. The van der Waals surface area contributed by atoms with Gasteiger partial charge in [0, 0.05) is 11.1 Å². The molecule has 2 unspecified atom stereocenters. The van der Waals surface area contributed by atoms with Gasteiger partial charge in [0.25, 0.3) is 5.91 Å². The van der Waals surface area contributed by atoms with Crippen molar-refractivity contribution in [3.05, 3.63) is 64.1 Å². The maximum Gasteiger partial charge on any atom is 0.255 e. The van der Waals surface area contributed by atoms with Crippen molar-refractivity contribution in [2.45, 2.75) is 31.9 Å². The fourth-order valence-electron chi connectivity index (χ4n) is 2.92. The molecule has 3 rings (SSSR count). The maximum atomic E-state index is 12.7. The second-order valence-electron chi connectivity index (χ2n) is 6.16. The Morgan fingerprint density at radius 3 is 2.80 bits per heavy atom. The lowest BCUT2D eigenvalue weighted by Gasteiger charge is -2.18. The van der Waals surface area contributed by atoms with Gasteiger partial charge in [0.1, 0.15) is 12.4 Å². The Kier molecular flexibility index (Phi) is 6.10. The Morgan fingerprint density at radius 2 is 2.04 bits per heavy atom. The minimum Gasteiger partial charge on any atom is -0.490 e. The van der Waals surface area contributed by atoms with Gasteiger partial charge in [-0.25, -0.2) is 0 Å². The number of hydrogen-bond donors (Lipinski definition) is 1. The topological polar surface area (TPSA) is 47.6 Å². The molecule has 1 amide bonds. The molecule has 25 heavy (non-hydrogen) atoms. The van der Waals surface area contributed by atoms with Crippen molar-refractivity contribution in [2.75, 3.05) is 13.2 Å². The third-order valence-electron chi connectivity index (χ3n) is 4.30. The molecule has 0 aromatic heterocycles. The van der Waals surface area contributed by atoms with E-state index in [2.05, 4.69) is 21.2 Å². The van der Waals surface area contributed by atoms with Crippen LogP contribution in [0.1, 0.15) is 41.7 Å². The molecule has 1 heterocycles. The van der Waals surface area contributed by atoms with Gasteiger partial charge in [-0.05, 0) is 43.5 Å². The summed E-state index contributed by atoms with van der Waals surface area (Å²) in [6.07, 6.45) is 2.20. The zero-order valence-electron chi connectivity index (χ0n) is 14.2. The van der Waals surface area contributed by atoms with Crippen molar-refractivity contribution in [1.82, 2.24) is 5.32 Å². The first-order valence-electron chi connectivity index (χ1n) is 8.54. The van der Waals surface area contributed by atoms with Crippen LogP contribution >= 0.6 is 15.9 Å². The molecule has 0 bridgehead atoms. The third-order valence-corrected chi connectivity index (χ3v) is 5.02. The lowest BCUT2D eigenvalue weighted by molar-refractivity contribution is 0.0670. The first-order chi connectivity index (χ1) is 12.1. The van der Waals surface area contributed by atoms with Crippen LogP contribution in [0.3, 0.4) is 0 Å². The van der Waals surface area contributed by atoms with Gasteiger partial charge in [0.15, 0.2) is 0 Å². The van der Waals surface area contributed by atoms with E-state index in [9.17, 15) is 4.79 Å². The number of benzene rings is 2. The van der Waals surface area contributed by atoms with Gasteiger partial charge >= 0.3 is 0 Å². The van der Waals surface area contributed by atoms with Crippen LogP contribution in [0.15, 0.2) is 53.0 Å². The molecule has 2 aromatic carbocycles. The highest BCUT2D eigenvalue weighted by molar-refractivity contribution is 9.10. The minimum absolute atomic E-state index is 0.116. The van der Waals surface area contributed by atoms with Gasteiger partial charge in [0.2, 0.25) is 0 Å². The number of ether oxygens (including phenoxy) is 2. The van der Waals surface area contributed by atoms with E-state index in [1.54, 1.807) is 6.07 Å². The van der Waals surface area contributed by atoms with E-state index in [1.165, 1.54) is 0 Å². The smallest absolute Gasteiger partial charge is 0.255 e. The van der Waals surface area contributed by atoms with Crippen LogP contribution in [0.5, 0.6) is 5.75 Å². The number of rotatable bonds is 6. The predicted octanol–water partition coefficient (Wildman–Crippen LogP) is 4.50. The summed E-state index contributed by atoms with van der Waals surface area (Å²) in [4.78, 5) is 12.7. The molecule has 1 aliphatic heterocycles. The second kappa shape index (κ2) is 8.50. The van der Waals surface area contributed by atoms with E-state index >= 15 is 0 Å². The lowest BCUT2D eigenvalue weighted by atomic mass is 10.1. The van der Waals surface area contributed by atoms with E-state index in [1.807, 2.05) is 49.4 Å². The molecule has 0 radical (unpaired) electrons. The van der Waals surface area contributed by atoms with Gasteiger partial charge in [-0.15, -0.1) is 0 Å². The van der Waals surface area contributed by atoms with Gasteiger partial charge in [-0.1, -0.05) is 46.3 Å². The van der Waals surface area contributed by atoms with Crippen molar-refractivity contribution < 1.29 is 14.3 Å². The first-order valence-corrected chi connectivity index (χ1v) is 9.33. The molecule has 1 fully saturated rings. The van der Waals surface area contributed by atoms with E-state index in [0.29, 0.717) is 17.9 Å². The summed E-state index contributed by atoms with van der Waals surface area (Å²) in [5.41, 5.74) is 1.58. The highest BCUT2D eigenvalue weighted by atomic mass is 79.9. The summed E-state index contributed by atoms with van der Waals surface area (Å²) in [7, 11) is 0. The molecule has 5 heteroatoms. The number of carbonyl (C=O) groups excluding carboxylic acids is 1. The molecule has 1 aliphatic rings. The number of halogens is 1. The summed E-state index contributed by atoms with van der Waals surface area (Å²) < 4.78 is 12.4. The number of nitrogens with one attached hydrogen (secondary N) is 1. The fourth-order valence-corrected chi connectivity index (χ4v) is 3.55. The standard InChI is InChI=1S/C20H22BrNO3/c1-14(16-8-2-4-10-18(16)21)22-20(23)17-9-3-5-11-19(17)25-13-15-7-6-12-24-15/h2-5,8-11,14-15H,6-7,12-13H2,1H3,(H,22,23). The Labute approximate surface area is 156 Å². The first kappa shape index (κ1) is 18.0. The average Bonchev–Trinajstić information content (AvgIpc) is 3.14. The van der Waals surface area contributed by atoms with Crippen LogP contribution in [-0.2, 0) is 4.74 Å². The largest absolute Gasteiger partial charge is 0.490 e. The van der Waals surface area contributed by atoms with Crippen molar-refractivity contribution in [2.24, 2.45) is 0 Å². The summed E-state index contributed by atoms with van der Waals surface area (Å²) >= 11 is 3.53. The average molecular weight is 404 g/mol. The van der Waals surface area contributed by atoms with Crippen LogP contribution in [0.2, 0.25) is 0 Å². The van der Waals surface area contributed by atoms with Gasteiger partial charge in [-0.3, -0.25) is 4.79 Å².